The maximum atomic E-state index is 13.3. The van der Waals surface area contributed by atoms with Crippen LogP contribution in [-0.2, 0) is 11.8 Å². The number of anilines is 1. The number of hydrogen-bond donors (Lipinski definition) is 1. The first-order valence-electron chi connectivity index (χ1n) is 8.89. The Hall–Kier alpha value is -3.22. The van der Waals surface area contributed by atoms with E-state index >= 15 is 0 Å². The Kier molecular flexibility index (Phi) is 4.14. The van der Waals surface area contributed by atoms with E-state index in [1.165, 1.54) is 6.33 Å². The summed E-state index contributed by atoms with van der Waals surface area (Å²) in [6.07, 6.45) is 3.44. The van der Waals surface area contributed by atoms with Gasteiger partial charge >= 0.3 is 0 Å². The summed E-state index contributed by atoms with van der Waals surface area (Å²) < 4.78 is 3.74. The molecule has 2 aromatic heterocycles. The van der Waals surface area contributed by atoms with Crippen LogP contribution in [0, 0.1) is 19.8 Å². The van der Waals surface area contributed by atoms with Crippen LogP contribution in [0.15, 0.2) is 47.8 Å². The van der Waals surface area contributed by atoms with E-state index in [4.69, 9.17) is 0 Å². The summed E-state index contributed by atoms with van der Waals surface area (Å²) in [7, 11) is 1.96. The van der Waals surface area contributed by atoms with Crippen molar-refractivity contribution in [2.24, 2.45) is 18.0 Å². The van der Waals surface area contributed by atoms with Crippen molar-refractivity contribution < 1.29 is 4.79 Å². The summed E-state index contributed by atoms with van der Waals surface area (Å²) in [4.78, 5) is 22.0. The fraction of sp³-hybridized carbons (Fsp3) is 0.300. The second-order valence-electron chi connectivity index (χ2n) is 7.03. The summed E-state index contributed by atoms with van der Waals surface area (Å²) in [5.41, 5.74) is 4.72. The number of carbonyl (C=O) groups excluding carboxylic acids is 1. The molecule has 3 aromatic rings. The average molecular weight is 362 g/mol. The highest BCUT2D eigenvalue weighted by Gasteiger charge is 2.39. The van der Waals surface area contributed by atoms with E-state index in [1.54, 1.807) is 4.68 Å². The van der Waals surface area contributed by atoms with E-state index in [9.17, 15) is 4.79 Å². The number of carbonyl (C=O) groups is 1. The van der Waals surface area contributed by atoms with Gasteiger partial charge in [0.15, 0.2) is 0 Å². The molecule has 0 aliphatic carbocycles. The van der Waals surface area contributed by atoms with E-state index in [0.29, 0.717) is 5.95 Å². The largest absolute Gasteiger partial charge is 0.353 e. The molecule has 27 heavy (non-hydrogen) atoms. The Morgan fingerprint density at radius 2 is 2.00 bits per heavy atom. The van der Waals surface area contributed by atoms with E-state index in [1.807, 2.05) is 62.8 Å². The molecule has 7 nitrogen and oxygen atoms in total. The Morgan fingerprint density at radius 1 is 1.19 bits per heavy atom. The molecule has 1 aromatic carbocycles. The molecule has 0 spiro atoms. The van der Waals surface area contributed by atoms with Crippen molar-refractivity contribution >= 4 is 23.3 Å². The van der Waals surface area contributed by atoms with Crippen LogP contribution in [0.3, 0.4) is 0 Å². The lowest BCUT2D eigenvalue weighted by atomic mass is 9.90. The van der Waals surface area contributed by atoms with Gasteiger partial charge in [-0.1, -0.05) is 17.7 Å². The van der Waals surface area contributed by atoms with Crippen molar-refractivity contribution in [1.29, 1.82) is 0 Å². The van der Waals surface area contributed by atoms with Crippen LogP contribution in [0.1, 0.15) is 29.8 Å². The molecular formula is C20H22N6O. The molecule has 7 heteroatoms. The number of aliphatic imine (C=N–C) groups is 1. The minimum Gasteiger partial charge on any atom is -0.353 e. The molecule has 1 aliphatic rings. The molecule has 0 bridgehead atoms. The molecule has 138 valence electrons. The summed E-state index contributed by atoms with van der Waals surface area (Å²) >= 11 is 0. The van der Waals surface area contributed by atoms with E-state index in [2.05, 4.69) is 26.5 Å². The van der Waals surface area contributed by atoms with Gasteiger partial charge in [0, 0.05) is 30.3 Å². The maximum absolute atomic E-state index is 13.3. The van der Waals surface area contributed by atoms with Crippen molar-refractivity contribution in [3.05, 3.63) is 59.7 Å². The normalized spacial score (nSPS) is 18.7. The maximum Gasteiger partial charge on any atom is 0.248 e. The molecule has 1 aliphatic heterocycles. The predicted molar refractivity (Wildman–Crippen MR) is 104 cm³/mol. The van der Waals surface area contributed by atoms with Crippen LogP contribution < -0.4 is 5.32 Å². The lowest BCUT2D eigenvalue weighted by molar-refractivity contribution is -0.118. The summed E-state index contributed by atoms with van der Waals surface area (Å²) in [5.74, 6) is -0.0571. The fourth-order valence-electron chi connectivity index (χ4n) is 3.69. The third kappa shape index (κ3) is 2.95. The van der Waals surface area contributed by atoms with Gasteiger partial charge in [0.25, 0.3) is 0 Å². The van der Waals surface area contributed by atoms with Gasteiger partial charge in [-0.05, 0) is 44.5 Å². The van der Waals surface area contributed by atoms with Gasteiger partial charge < -0.3 is 9.88 Å². The molecule has 1 amide bonds. The Morgan fingerprint density at radius 3 is 2.70 bits per heavy atom. The minimum absolute atomic E-state index is 0.101. The zero-order valence-corrected chi connectivity index (χ0v) is 15.8. The summed E-state index contributed by atoms with van der Waals surface area (Å²) in [5, 5.41) is 7.43. The van der Waals surface area contributed by atoms with Crippen molar-refractivity contribution in [3.8, 4) is 0 Å². The number of amides is 1. The topological polar surface area (TPSA) is 77.1 Å². The van der Waals surface area contributed by atoms with Gasteiger partial charge in [-0.2, -0.15) is 10.1 Å². The Labute approximate surface area is 157 Å². The standard InChI is InChI=1S/C20H22N6O/c1-12-7-8-15(13(2)10-12)24-19(27)17-14(3)23-20-21-11-22-26(20)18(17)16-6-5-9-25(16)4/h5-11,17-18H,1-4H3,(H,24,27). The highest BCUT2D eigenvalue weighted by Crippen LogP contribution is 2.35. The van der Waals surface area contributed by atoms with E-state index < -0.39 is 5.92 Å². The van der Waals surface area contributed by atoms with Crippen LogP contribution >= 0.6 is 0 Å². The molecule has 1 N–H and O–H groups in total. The molecule has 0 fully saturated rings. The number of fused-ring (bicyclic) bond motifs is 1. The molecule has 4 rings (SSSR count). The quantitative estimate of drug-likeness (QED) is 0.777. The zero-order chi connectivity index (χ0) is 19.1. The molecule has 2 atom stereocenters. The third-order valence-corrected chi connectivity index (χ3v) is 5.07. The highest BCUT2D eigenvalue weighted by atomic mass is 16.2. The number of nitrogens with one attached hydrogen (secondary N) is 1. The SMILES string of the molecule is CC1=Nc2ncnn2C(c2cccn2C)C1C(=O)Nc1ccc(C)cc1C. The molecular weight excluding hydrogens is 340 g/mol. The molecule has 0 saturated heterocycles. The molecule has 2 unspecified atom stereocenters. The monoisotopic (exact) mass is 362 g/mol. The van der Waals surface area contributed by atoms with Gasteiger partial charge in [-0.15, -0.1) is 0 Å². The zero-order valence-electron chi connectivity index (χ0n) is 15.8. The van der Waals surface area contributed by atoms with Crippen molar-refractivity contribution in [1.82, 2.24) is 19.3 Å². The van der Waals surface area contributed by atoms with Gasteiger partial charge in [-0.25, -0.2) is 9.67 Å². The van der Waals surface area contributed by atoms with E-state index in [-0.39, 0.29) is 11.9 Å². The summed E-state index contributed by atoms with van der Waals surface area (Å²) in [6.45, 7) is 5.91. The second kappa shape index (κ2) is 6.50. The number of aryl methyl sites for hydroxylation is 3. The number of nitrogens with zero attached hydrogens (tertiary/aromatic N) is 5. The van der Waals surface area contributed by atoms with Crippen LogP contribution in [-0.4, -0.2) is 31.0 Å². The predicted octanol–water partition coefficient (Wildman–Crippen LogP) is 3.18. The van der Waals surface area contributed by atoms with Crippen LogP contribution in [0.5, 0.6) is 0 Å². The van der Waals surface area contributed by atoms with E-state index in [0.717, 1.165) is 28.2 Å². The van der Waals surface area contributed by atoms with Crippen LogP contribution in [0.2, 0.25) is 0 Å². The lowest BCUT2D eigenvalue weighted by Crippen LogP contribution is -2.39. The van der Waals surface area contributed by atoms with Crippen molar-refractivity contribution in [2.45, 2.75) is 26.8 Å². The average Bonchev–Trinajstić information content (AvgIpc) is 3.24. The number of benzene rings is 1. The number of hydrogen-bond acceptors (Lipinski definition) is 4. The van der Waals surface area contributed by atoms with Gasteiger partial charge in [-0.3, -0.25) is 4.79 Å². The Bertz CT molecular complexity index is 1040. The second-order valence-corrected chi connectivity index (χ2v) is 7.03. The van der Waals surface area contributed by atoms with Crippen molar-refractivity contribution in [3.63, 3.8) is 0 Å². The summed E-state index contributed by atoms with van der Waals surface area (Å²) in [6, 6.07) is 9.66. The first-order valence-corrected chi connectivity index (χ1v) is 8.89. The smallest absolute Gasteiger partial charge is 0.248 e. The van der Waals surface area contributed by atoms with Crippen LogP contribution in [0.25, 0.3) is 0 Å². The lowest BCUT2D eigenvalue weighted by Gasteiger charge is -2.30. The molecule has 0 saturated carbocycles. The third-order valence-electron chi connectivity index (χ3n) is 5.07. The number of rotatable bonds is 3. The first kappa shape index (κ1) is 17.2. The minimum atomic E-state index is -0.478. The van der Waals surface area contributed by atoms with Crippen LogP contribution in [0.4, 0.5) is 11.6 Å². The molecule has 0 radical (unpaired) electrons. The van der Waals surface area contributed by atoms with Gasteiger partial charge in [0.1, 0.15) is 18.3 Å². The Balaban J connectivity index is 1.75. The first-order chi connectivity index (χ1) is 13.0. The van der Waals surface area contributed by atoms with Gasteiger partial charge in [0.2, 0.25) is 11.9 Å². The van der Waals surface area contributed by atoms with Crippen molar-refractivity contribution in [2.75, 3.05) is 5.32 Å². The molecule has 3 heterocycles. The van der Waals surface area contributed by atoms with Gasteiger partial charge in [0.05, 0.1) is 0 Å². The number of aromatic nitrogens is 4. The highest BCUT2D eigenvalue weighted by molar-refractivity contribution is 6.10. The fourth-order valence-corrected chi connectivity index (χ4v) is 3.69.